The second-order valence-corrected chi connectivity index (χ2v) is 4.87. The molecule has 0 spiro atoms. The van der Waals surface area contributed by atoms with Gasteiger partial charge < -0.3 is 5.32 Å². The lowest BCUT2D eigenvalue weighted by Crippen LogP contribution is -2.37. The number of nitrogens with zero attached hydrogens (tertiary/aromatic N) is 2. The maximum atomic E-state index is 11.5. The average molecular weight is 271 g/mol. The molecule has 2 rings (SSSR count). The number of aromatic nitrogens is 1. The fourth-order valence-corrected chi connectivity index (χ4v) is 2.58. The van der Waals surface area contributed by atoms with Crippen LogP contribution in [-0.4, -0.2) is 45.8 Å². The molecule has 90 valence electrons. The van der Waals surface area contributed by atoms with Crippen molar-refractivity contribution in [3.8, 4) is 0 Å². The fraction of sp³-hybridized carbons (Fsp3) is 0.333. The maximum absolute atomic E-state index is 11.5. The van der Waals surface area contributed by atoms with Crippen LogP contribution in [0.2, 0.25) is 0 Å². The van der Waals surface area contributed by atoms with Crippen LogP contribution < -0.4 is 5.32 Å². The Morgan fingerprint density at radius 1 is 1.53 bits per heavy atom. The Labute approximate surface area is 105 Å². The van der Waals surface area contributed by atoms with Gasteiger partial charge in [0.15, 0.2) is 0 Å². The number of hydrogen-bond acceptors (Lipinski definition) is 6. The largest absolute Gasteiger partial charge is 0.349 e. The number of nitrogens with one attached hydrogen (secondary N) is 1. The molecular weight excluding hydrogens is 262 g/mol. The summed E-state index contributed by atoms with van der Waals surface area (Å²) in [6.45, 7) is 0.453. The first kappa shape index (κ1) is 12.1. The Hall–Kier alpha value is -1.41. The predicted molar refractivity (Wildman–Crippen MR) is 64.0 cm³/mol. The van der Waals surface area contributed by atoms with Crippen LogP contribution >= 0.6 is 23.1 Å². The topological polar surface area (TPSA) is 79.4 Å². The molecule has 1 aromatic heterocycles. The van der Waals surface area contributed by atoms with Crippen molar-refractivity contribution < 1.29 is 14.4 Å². The molecule has 8 heteroatoms. The summed E-state index contributed by atoms with van der Waals surface area (Å²) in [6, 6.07) is 0. The Bertz CT molecular complexity index is 430. The van der Waals surface area contributed by atoms with Gasteiger partial charge in [0.05, 0.1) is 11.3 Å². The normalized spacial score (nSPS) is 15.4. The average Bonchev–Trinajstić information content (AvgIpc) is 2.93. The van der Waals surface area contributed by atoms with Crippen LogP contribution in [0.4, 0.5) is 4.79 Å². The molecule has 1 fully saturated rings. The van der Waals surface area contributed by atoms with Gasteiger partial charge in [-0.2, -0.15) is 0 Å². The highest BCUT2D eigenvalue weighted by atomic mass is 32.2. The van der Waals surface area contributed by atoms with E-state index < -0.39 is 0 Å². The zero-order valence-corrected chi connectivity index (χ0v) is 10.3. The number of thiazole rings is 1. The van der Waals surface area contributed by atoms with Gasteiger partial charge in [-0.3, -0.25) is 19.3 Å². The van der Waals surface area contributed by atoms with Gasteiger partial charge in [0.2, 0.25) is 5.91 Å². The van der Waals surface area contributed by atoms with Gasteiger partial charge in [-0.25, -0.2) is 4.98 Å². The summed E-state index contributed by atoms with van der Waals surface area (Å²) in [5.41, 5.74) is 1.92. The predicted octanol–water partition coefficient (Wildman–Crippen LogP) is 0.568. The van der Waals surface area contributed by atoms with Crippen LogP contribution in [-0.2, 0) is 4.79 Å². The molecule has 1 N–H and O–H groups in total. The van der Waals surface area contributed by atoms with Gasteiger partial charge in [-0.1, -0.05) is 11.8 Å². The van der Waals surface area contributed by atoms with E-state index in [-0.39, 0.29) is 35.9 Å². The standard InChI is InChI=1S/C9H9N3O3S2/c13-7-4-17-9(15)12(7)2-1-10-8(14)6-3-16-5-11-6/h3,5H,1-2,4H2,(H,10,14). The summed E-state index contributed by atoms with van der Waals surface area (Å²) in [4.78, 5) is 39.0. The SMILES string of the molecule is O=C(NCCN1C(=O)CSC1=O)c1cscn1. The van der Waals surface area contributed by atoms with Gasteiger partial charge >= 0.3 is 0 Å². The molecule has 1 saturated heterocycles. The molecule has 0 aromatic carbocycles. The minimum Gasteiger partial charge on any atom is -0.349 e. The number of hydrogen-bond donors (Lipinski definition) is 1. The highest BCUT2D eigenvalue weighted by molar-refractivity contribution is 8.14. The number of rotatable bonds is 4. The molecule has 0 bridgehead atoms. The van der Waals surface area contributed by atoms with E-state index in [0.717, 1.165) is 16.7 Å². The van der Waals surface area contributed by atoms with E-state index in [4.69, 9.17) is 0 Å². The Kier molecular flexibility index (Phi) is 3.75. The third-order valence-electron chi connectivity index (χ3n) is 2.13. The molecule has 1 aliphatic rings. The molecule has 0 atom stereocenters. The summed E-state index contributed by atoms with van der Waals surface area (Å²) >= 11 is 2.32. The van der Waals surface area contributed by atoms with Gasteiger partial charge in [-0.15, -0.1) is 11.3 Å². The molecule has 0 radical (unpaired) electrons. The molecule has 0 saturated carbocycles. The summed E-state index contributed by atoms with van der Waals surface area (Å²) in [7, 11) is 0. The monoisotopic (exact) mass is 271 g/mol. The molecule has 0 aliphatic carbocycles. The van der Waals surface area contributed by atoms with E-state index in [1.807, 2.05) is 0 Å². The maximum Gasteiger partial charge on any atom is 0.288 e. The molecule has 2 heterocycles. The van der Waals surface area contributed by atoms with Crippen LogP contribution in [0, 0.1) is 0 Å². The molecule has 17 heavy (non-hydrogen) atoms. The first-order valence-corrected chi connectivity index (χ1v) is 6.75. The van der Waals surface area contributed by atoms with Gasteiger partial charge in [0.1, 0.15) is 5.69 Å². The van der Waals surface area contributed by atoms with Gasteiger partial charge in [0, 0.05) is 18.5 Å². The number of carbonyl (C=O) groups is 3. The second kappa shape index (κ2) is 5.28. The Balaban J connectivity index is 1.78. The van der Waals surface area contributed by atoms with Crippen LogP contribution in [0.5, 0.6) is 0 Å². The lowest BCUT2D eigenvalue weighted by Gasteiger charge is -2.12. The number of carbonyl (C=O) groups excluding carboxylic acids is 3. The van der Waals surface area contributed by atoms with Crippen LogP contribution in [0.15, 0.2) is 10.9 Å². The lowest BCUT2D eigenvalue weighted by molar-refractivity contribution is -0.124. The third kappa shape index (κ3) is 2.83. The van der Waals surface area contributed by atoms with E-state index in [1.165, 1.54) is 11.3 Å². The highest BCUT2D eigenvalue weighted by Crippen LogP contribution is 2.17. The summed E-state index contributed by atoms with van der Waals surface area (Å²) in [5.74, 6) is -0.306. The van der Waals surface area contributed by atoms with Crippen LogP contribution in [0.25, 0.3) is 0 Å². The summed E-state index contributed by atoms with van der Waals surface area (Å²) < 4.78 is 0. The van der Waals surface area contributed by atoms with Crippen molar-refractivity contribution >= 4 is 40.2 Å². The zero-order valence-electron chi connectivity index (χ0n) is 8.71. The van der Waals surface area contributed by atoms with E-state index in [1.54, 1.807) is 10.9 Å². The molecule has 1 aliphatic heterocycles. The van der Waals surface area contributed by atoms with E-state index >= 15 is 0 Å². The van der Waals surface area contributed by atoms with E-state index in [9.17, 15) is 14.4 Å². The summed E-state index contributed by atoms with van der Waals surface area (Å²) in [5, 5.41) is 3.99. The quantitative estimate of drug-likeness (QED) is 0.866. The van der Waals surface area contributed by atoms with Crippen molar-refractivity contribution in [1.29, 1.82) is 0 Å². The number of imide groups is 1. The third-order valence-corrected chi connectivity index (χ3v) is 3.57. The smallest absolute Gasteiger partial charge is 0.288 e. The van der Waals surface area contributed by atoms with Crippen molar-refractivity contribution in [3.63, 3.8) is 0 Å². The zero-order chi connectivity index (χ0) is 12.3. The first-order chi connectivity index (χ1) is 8.18. The van der Waals surface area contributed by atoms with Crippen molar-refractivity contribution in [2.24, 2.45) is 0 Å². The van der Waals surface area contributed by atoms with Crippen LogP contribution in [0.3, 0.4) is 0 Å². The molecular formula is C9H9N3O3S2. The Morgan fingerprint density at radius 3 is 2.94 bits per heavy atom. The van der Waals surface area contributed by atoms with Crippen molar-refractivity contribution in [3.05, 3.63) is 16.6 Å². The second-order valence-electron chi connectivity index (χ2n) is 3.23. The minimum absolute atomic E-state index is 0.193. The summed E-state index contributed by atoms with van der Waals surface area (Å²) in [6.07, 6.45) is 0. The fourth-order valence-electron chi connectivity index (χ4n) is 1.29. The number of amides is 3. The van der Waals surface area contributed by atoms with E-state index in [0.29, 0.717) is 5.69 Å². The van der Waals surface area contributed by atoms with Crippen LogP contribution in [0.1, 0.15) is 10.5 Å². The number of thioether (sulfide) groups is 1. The lowest BCUT2D eigenvalue weighted by atomic mass is 10.4. The molecule has 3 amide bonds. The van der Waals surface area contributed by atoms with Gasteiger partial charge in [0.25, 0.3) is 11.1 Å². The Morgan fingerprint density at radius 2 is 2.35 bits per heavy atom. The van der Waals surface area contributed by atoms with Crippen molar-refractivity contribution in [2.75, 3.05) is 18.8 Å². The van der Waals surface area contributed by atoms with Gasteiger partial charge in [-0.05, 0) is 0 Å². The highest BCUT2D eigenvalue weighted by Gasteiger charge is 2.29. The molecule has 6 nitrogen and oxygen atoms in total. The molecule has 0 unspecified atom stereocenters. The minimum atomic E-state index is -0.294. The van der Waals surface area contributed by atoms with E-state index in [2.05, 4.69) is 10.3 Å². The molecule has 1 aromatic rings. The van der Waals surface area contributed by atoms with Crippen molar-refractivity contribution in [2.45, 2.75) is 0 Å². The van der Waals surface area contributed by atoms with Crippen molar-refractivity contribution in [1.82, 2.24) is 15.2 Å². The first-order valence-electron chi connectivity index (χ1n) is 4.82.